The molecule has 0 amide bonds. The van der Waals surface area contributed by atoms with E-state index in [1.54, 1.807) is 0 Å². The molecule has 11 heavy (non-hydrogen) atoms. The molecule has 0 saturated heterocycles. The lowest BCUT2D eigenvalue weighted by Crippen LogP contribution is -2.25. The highest BCUT2D eigenvalue weighted by Gasteiger charge is 1.95. The maximum absolute atomic E-state index is 7.03. The van der Waals surface area contributed by atoms with Crippen LogP contribution in [0.3, 0.4) is 0 Å². The van der Waals surface area contributed by atoms with E-state index in [0.29, 0.717) is 0 Å². The van der Waals surface area contributed by atoms with Gasteiger partial charge in [0.15, 0.2) is 0 Å². The van der Waals surface area contributed by atoms with E-state index < -0.39 is 0 Å². The Labute approximate surface area is 69.5 Å². The molecule has 0 atom stereocenters. The minimum Gasteiger partial charge on any atom is -0.363 e. The van der Waals surface area contributed by atoms with Crippen molar-refractivity contribution in [2.45, 2.75) is 13.3 Å². The molecule has 0 aliphatic rings. The molecule has 0 heterocycles. The van der Waals surface area contributed by atoms with Gasteiger partial charge in [0.25, 0.3) is 0 Å². The number of hydrogen-bond acceptors (Lipinski definition) is 2. The van der Waals surface area contributed by atoms with Crippen LogP contribution in [0, 0.1) is 5.41 Å². The highest BCUT2D eigenvalue weighted by atomic mass is 15.1. The highest BCUT2D eigenvalue weighted by Crippen LogP contribution is 1.88. The standard InChI is InChI=1S/C8H19N3/c1-4-11(8-9)7-5-6-10(2)3/h8-9H,4-7H2,1-3H3. The Morgan fingerprint density at radius 2 is 1.91 bits per heavy atom. The summed E-state index contributed by atoms with van der Waals surface area (Å²) < 4.78 is 0. The highest BCUT2D eigenvalue weighted by molar-refractivity contribution is 5.50. The van der Waals surface area contributed by atoms with Crippen molar-refractivity contribution in [1.82, 2.24) is 9.80 Å². The lowest BCUT2D eigenvalue weighted by molar-refractivity contribution is 0.358. The van der Waals surface area contributed by atoms with E-state index in [4.69, 9.17) is 5.41 Å². The summed E-state index contributed by atoms with van der Waals surface area (Å²) in [5.74, 6) is 0. The van der Waals surface area contributed by atoms with E-state index in [-0.39, 0.29) is 0 Å². The molecule has 0 radical (unpaired) electrons. The van der Waals surface area contributed by atoms with Crippen molar-refractivity contribution in [3.05, 3.63) is 0 Å². The van der Waals surface area contributed by atoms with Crippen LogP contribution in [0.4, 0.5) is 0 Å². The van der Waals surface area contributed by atoms with Gasteiger partial charge in [0.1, 0.15) is 0 Å². The molecule has 0 saturated carbocycles. The van der Waals surface area contributed by atoms with Crippen LogP contribution in [0.1, 0.15) is 13.3 Å². The van der Waals surface area contributed by atoms with Crippen LogP contribution in [0.5, 0.6) is 0 Å². The second-order valence-corrected chi connectivity index (χ2v) is 2.91. The van der Waals surface area contributed by atoms with E-state index in [1.165, 1.54) is 6.34 Å². The lowest BCUT2D eigenvalue weighted by Gasteiger charge is -2.17. The second kappa shape index (κ2) is 6.16. The molecule has 0 aromatic heterocycles. The molecule has 3 heteroatoms. The monoisotopic (exact) mass is 157 g/mol. The smallest absolute Gasteiger partial charge is 0.0817 e. The summed E-state index contributed by atoms with van der Waals surface area (Å²) >= 11 is 0. The fourth-order valence-electron chi connectivity index (χ4n) is 0.904. The quantitative estimate of drug-likeness (QED) is 0.458. The van der Waals surface area contributed by atoms with Crippen LogP contribution in [0.25, 0.3) is 0 Å². The minimum absolute atomic E-state index is 0.941. The Kier molecular flexibility index (Phi) is 5.84. The predicted octanol–water partition coefficient (Wildman–Crippen LogP) is 0.867. The molecule has 0 aliphatic heterocycles. The third kappa shape index (κ3) is 5.85. The topological polar surface area (TPSA) is 30.3 Å². The average Bonchev–Trinajstić information content (AvgIpc) is 1.98. The van der Waals surface area contributed by atoms with Gasteiger partial charge in [0, 0.05) is 13.1 Å². The van der Waals surface area contributed by atoms with E-state index in [0.717, 1.165) is 26.1 Å². The zero-order chi connectivity index (χ0) is 8.69. The third-order valence-electron chi connectivity index (χ3n) is 1.64. The molecule has 3 nitrogen and oxygen atoms in total. The first-order chi connectivity index (χ1) is 5.20. The maximum Gasteiger partial charge on any atom is 0.0817 e. The van der Waals surface area contributed by atoms with Gasteiger partial charge in [-0.25, -0.2) is 0 Å². The van der Waals surface area contributed by atoms with Crippen molar-refractivity contribution in [2.24, 2.45) is 0 Å². The van der Waals surface area contributed by atoms with Crippen molar-refractivity contribution < 1.29 is 0 Å². The Hall–Kier alpha value is -0.570. The number of hydrogen-bond donors (Lipinski definition) is 1. The van der Waals surface area contributed by atoms with Crippen molar-refractivity contribution >= 4 is 6.34 Å². The van der Waals surface area contributed by atoms with Crippen molar-refractivity contribution in [3.8, 4) is 0 Å². The molecule has 0 aliphatic carbocycles. The molecular formula is C8H19N3. The summed E-state index contributed by atoms with van der Waals surface area (Å²) in [6, 6.07) is 0. The molecule has 1 N–H and O–H groups in total. The van der Waals surface area contributed by atoms with Gasteiger partial charge in [-0.15, -0.1) is 0 Å². The minimum atomic E-state index is 0.941. The molecule has 0 aromatic carbocycles. The third-order valence-corrected chi connectivity index (χ3v) is 1.64. The van der Waals surface area contributed by atoms with Gasteiger partial charge in [-0.05, 0) is 34.0 Å². The van der Waals surface area contributed by atoms with Gasteiger partial charge in [-0.3, -0.25) is 5.41 Å². The first kappa shape index (κ1) is 10.4. The fourth-order valence-corrected chi connectivity index (χ4v) is 0.904. The Morgan fingerprint density at radius 1 is 1.27 bits per heavy atom. The van der Waals surface area contributed by atoms with Crippen LogP contribution in [-0.4, -0.2) is 49.9 Å². The average molecular weight is 157 g/mol. The van der Waals surface area contributed by atoms with Crippen molar-refractivity contribution in [3.63, 3.8) is 0 Å². The van der Waals surface area contributed by atoms with E-state index in [9.17, 15) is 0 Å². The zero-order valence-electron chi connectivity index (χ0n) is 7.80. The van der Waals surface area contributed by atoms with Gasteiger partial charge in [-0.1, -0.05) is 0 Å². The summed E-state index contributed by atoms with van der Waals surface area (Å²) in [7, 11) is 4.14. The van der Waals surface area contributed by atoms with Crippen LogP contribution >= 0.6 is 0 Å². The van der Waals surface area contributed by atoms with Crippen molar-refractivity contribution in [2.75, 3.05) is 33.7 Å². The number of nitrogens with zero attached hydrogens (tertiary/aromatic N) is 2. The summed E-state index contributed by atoms with van der Waals surface area (Å²) in [5, 5.41) is 7.03. The first-order valence-corrected chi connectivity index (χ1v) is 4.10. The first-order valence-electron chi connectivity index (χ1n) is 4.10. The SMILES string of the molecule is CCN(C=N)CCCN(C)C. The van der Waals surface area contributed by atoms with Gasteiger partial charge < -0.3 is 9.80 Å². The molecule has 0 rings (SSSR count). The summed E-state index contributed by atoms with van der Waals surface area (Å²) in [6.45, 7) is 5.11. The summed E-state index contributed by atoms with van der Waals surface area (Å²) in [5.41, 5.74) is 0. The normalized spacial score (nSPS) is 10.2. The molecule has 0 fully saturated rings. The largest absolute Gasteiger partial charge is 0.363 e. The Bertz CT molecular complexity index is 102. The summed E-state index contributed by atoms with van der Waals surface area (Å²) in [6.07, 6.45) is 2.55. The zero-order valence-corrected chi connectivity index (χ0v) is 7.80. The van der Waals surface area contributed by atoms with E-state index >= 15 is 0 Å². The van der Waals surface area contributed by atoms with E-state index in [1.807, 2.05) is 4.90 Å². The second-order valence-electron chi connectivity index (χ2n) is 2.91. The van der Waals surface area contributed by atoms with Crippen molar-refractivity contribution in [1.29, 1.82) is 5.41 Å². The molecule has 0 unspecified atom stereocenters. The molecule has 0 spiro atoms. The molecule has 0 aromatic rings. The molecule has 0 bridgehead atoms. The maximum atomic E-state index is 7.03. The lowest BCUT2D eigenvalue weighted by atomic mass is 10.4. The number of nitrogens with one attached hydrogen (secondary N) is 1. The van der Waals surface area contributed by atoms with Gasteiger partial charge in [0.05, 0.1) is 6.34 Å². The fraction of sp³-hybridized carbons (Fsp3) is 0.875. The number of rotatable bonds is 6. The Morgan fingerprint density at radius 3 is 2.27 bits per heavy atom. The molecular weight excluding hydrogens is 138 g/mol. The summed E-state index contributed by atoms with van der Waals surface area (Å²) in [4.78, 5) is 4.17. The van der Waals surface area contributed by atoms with E-state index in [2.05, 4.69) is 25.9 Å². The van der Waals surface area contributed by atoms with Crippen LogP contribution in [0.15, 0.2) is 0 Å². The van der Waals surface area contributed by atoms with Crippen LogP contribution < -0.4 is 0 Å². The molecule has 66 valence electrons. The predicted molar refractivity (Wildman–Crippen MR) is 49.2 cm³/mol. The Balaban J connectivity index is 3.28. The van der Waals surface area contributed by atoms with Crippen LogP contribution in [0.2, 0.25) is 0 Å². The van der Waals surface area contributed by atoms with Gasteiger partial charge >= 0.3 is 0 Å². The van der Waals surface area contributed by atoms with Gasteiger partial charge in [-0.2, -0.15) is 0 Å². The van der Waals surface area contributed by atoms with Gasteiger partial charge in [0.2, 0.25) is 0 Å². The van der Waals surface area contributed by atoms with Crippen LogP contribution in [-0.2, 0) is 0 Å².